The van der Waals surface area contributed by atoms with E-state index >= 15 is 0 Å². The summed E-state index contributed by atoms with van der Waals surface area (Å²) >= 11 is 3.20. The van der Waals surface area contributed by atoms with Gasteiger partial charge in [0.05, 0.1) is 32.1 Å². The van der Waals surface area contributed by atoms with Crippen LogP contribution < -0.4 is 10.6 Å². The maximum absolute atomic E-state index is 14.2. The molecule has 1 aromatic carbocycles. The van der Waals surface area contributed by atoms with E-state index in [9.17, 15) is 33.6 Å². The molecule has 1 aromatic rings. The highest BCUT2D eigenvalue weighted by Crippen LogP contribution is 2.36. The Labute approximate surface area is 331 Å². The number of hydrogen-bond donors (Lipinski definition) is 2. The molecular formula is C39H54N4O10S2. The largest absolute Gasteiger partial charge is 0.469 e. The lowest BCUT2D eigenvalue weighted by atomic mass is 9.87. The summed E-state index contributed by atoms with van der Waals surface area (Å²) < 4.78 is 14.9. The van der Waals surface area contributed by atoms with Gasteiger partial charge in [-0.15, -0.1) is 23.5 Å². The van der Waals surface area contributed by atoms with Gasteiger partial charge in [-0.1, -0.05) is 30.3 Å². The van der Waals surface area contributed by atoms with E-state index in [0.29, 0.717) is 43.6 Å². The van der Waals surface area contributed by atoms with E-state index in [0.717, 1.165) is 31.2 Å². The van der Waals surface area contributed by atoms with Crippen LogP contribution in [0.5, 0.6) is 0 Å². The zero-order valence-corrected chi connectivity index (χ0v) is 33.5. The Bertz CT molecular complexity index is 1550. The van der Waals surface area contributed by atoms with E-state index in [1.54, 1.807) is 33.3 Å². The maximum Gasteiger partial charge on any atom is 0.328 e. The highest BCUT2D eigenvalue weighted by Gasteiger charge is 2.45. The number of hydrogen-bond acceptors (Lipinski definition) is 12. The Morgan fingerprint density at radius 3 is 1.65 bits per heavy atom. The van der Waals surface area contributed by atoms with E-state index in [1.807, 2.05) is 30.3 Å². The van der Waals surface area contributed by atoms with E-state index in [-0.39, 0.29) is 54.2 Å². The van der Waals surface area contributed by atoms with Crippen LogP contribution in [0.15, 0.2) is 30.3 Å². The van der Waals surface area contributed by atoms with Crippen molar-refractivity contribution in [1.82, 2.24) is 20.4 Å². The SMILES string of the molecule is COC(=O)CC[C@@H](CC[C@H](Cc1ccccc1)C(=O)N[C@H]1CCS[C@H]2CCC[C@@H](C(=O)OC)N2C1=O)C(=O)N[C@H]1CCS[C@H]2CCC[C@@H](C(=O)OC)N2C1=O. The van der Waals surface area contributed by atoms with Gasteiger partial charge < -0.3 is 34.6 Å². The van der Waals surface area contributed by atoms with Gasteiger partial charge in [-0.25, -0.2) is 9.59 Å². The van der Waals surface area contributed by atoms with Gasteiger partial charge in [-0.2, -0.15) is 0 Å². The summed E-state index contributed by atoms with van der Waals surface area (Å²) in [6.45, 7) is 0. The van der Waals surface area contributed by atoms with Gasteiger partial charge in [-0.3, -0.25) is 24.0 Å². The van der Waals surface area contributed by atoms with E-state index in [4.69, 9.17) is 14.2 Å². The van der Waals surface area contributed by atoms with Crippen LogP contribution in [0.1, 0.15) is 82.6 Å². The molecule has 4 aliphatic rings. The summed E-state index contributed by atoms with van der Waals surface area (Å²) in [5.74, 6) is -2.97. The fourth-order valence-electron chi connectivity index (χ4n) is 8.11. The summed E-state index contributed by atoms with van der Waals surface area (Å²) in [4.78, 5) is 97.0. The average molecular weight is 803 g/mol. The number of benzene rings is 1. The number of esters is 3. The smallest absolute Gasteiger partial charge is 0.328 e. The summed E-state index contributed by atoms with van der Waals surface area (Å²) in [6, 6.07) is 6.34. The van der Waals surface area contributed by atoms with Crippen LogP contribution >= 0.6 is 23.5 Å². The summed E-state index contributed by atoms with van der Waals surface area (Å²) in [5.41, 5.74) is 0.903. The predicted octanol–water partition coefficient (Wildman–Crippen LogP) is 3.20. The van der Waals surface area contributed by atoms with Crippen molar-refractivity contribution in [3.8, 4) is 0 Å². The molecule has 16 heteroatoms. The number of nitrogens with one attached hydrogen (secondary N) is 2. The van der Waals surface area contributed by atoms with E-state index in [2.05, 4.69) is 10.6 Å². The third kappa shape index (κ3) is 10.7. The molecule has 0 aromatic heterocycles. The molecule has 0 radical (unpaired) electrons. The fourth-order valence-corrected chi connectivity index (χ4v) is 10.9. The lowest BCUT2D eigenvalue weighted by Crippen LogP contribution is -2.58. The first-order chi connectivity index (χ1) is 26.6. The molecular weight excluding hydrogens is 749 g/mol. The van der Waals surface area contributed by atoms with Gasteiger partial charge in [0.2, 0.25) is 23.6 Å². The second-order valence-electron chi connectivity index (χ2n) is 14.6. The standard InChI is InChI=1S/C39H54N4O10S2/c1-51-33(44)18-17-25(34(45)40-27-19-21-54-31-13-7-11-29(38(49)52-2)42(31)36(27)47)15-16-26(23-24-9-5-4-6-10-24)35(46)41-28-20-22-55-32-14-8-12-30(39(50)53-3)43(32)37(28)48/h4-6,9-10,25-32H,7-8,11-23H2,1-3H3,(H,40,45)(H,41,46)/t25-,26-,27+,28+,29+,30+,31+,32+/m1/s1. The molecule has 0 spiro atoms. The summed E-state index contributed by atoms with van der Waals surface area (Å²) in [7, 11) is 3.89. The van der Waals surface area contributed by atoms with Crippen LogP contribution in [-0.2, 0) is 54.2 Å². The number of nitrogens with zero attached hydrogens (tertiary/aromatic N) is 2. The number of rotatable bonds is 14. The Morgan fingerprint density at radius 1 is 0.673 bits per heavy atom. The first-order valence-electron chi connectivity index (χ1n) is 19.3. The van der Waals surface area contributed by atoms with Gasteiger partial charge in [0, 0.05) is 18.3 Å². The lowest BCUT2D eigenvalue weighted by molar-refractivity contribution is -0.156. The number of ether oxygens (including phenoxy) is 3. The number of carbonyl (C=O) groups excluding carboxylic acids is 7. The Kier molecular flexibility index (Phi) is 15.7. The van der Waals surface area contributed by atoms with Crippen LogP contribution in [0, 0.1) is 11.8 Å². The zero-order valence-electron chi connectivity index (χ0n) is 31.9. The van der Waals surface area contributed by atoms with Crippen LogP contribution in [-0.4, -0.2) is 119 Å². The lowest BCUT2D eigenvalue weighted by Gasteiger charge is -2.40. The number of amides is 4. The molecule has 302 valence electrons. The molecule has 0 unspecified atom stereocenters. The van der Waals surface area contributed by atoms with Crippen molar-refractivity contribution in [2.75, 3.05) is 32.8 Å². The van der Waals surface area contributed by atoms with Gasteiger partial charge >= 0.3 is 17.9 Å². The molecule has 0 aliphatic carbocycles. The van der Waals surface area contributed by atoms with E-state index < -0.39 is 59.8 Å². The second-order valence-corrected chi connectivity index (χ2v) is 17.1. The van der Waals surface area contributed by atoms with Crippen LogP contribution in [0.2, 0.25) is 0 Å². The van der Waals surface area contributed by atoms with E-state index in [1.165, 1.54) is 21.3 Å². The third-order valence-corrected chi connectivity index (χ3v) is 13.8. The van der Waals surface area contributed by atoms with Gasteiger partial charge in [0.25, 0.3) is 0 Å². The van der Waals surface area contributed by atoms with Gasteiger partial charge in [-0.05, 0) is 94.1 Å². The zero-order chi connectivity index (χ0) is 39.5. The number of fused-ring (bicyclic) bond motifs is 2. The van der Waals surface area contributed by atoms with Crippen molar-refractivity contribution in [2.24, 2.45) is 11.8 Å². The van der Waals surface area contributed by atoms with Crippen molar-refractivity contribution in [2.45, 2.75) is 118 Å². The normalized spacial score (nSPS) is 26.5. The molecule has 0 bridgehead atoms. The number of carbonyl (C=O) groups is 7. The maximum atomic E-state index is 14.2. The Balaban J connectivity index is 1.32. The van der Waals surface area contributed by atoms with Gasteiger partial charge in [0.15, 0.2) is 0 Å². The van der Waals surface area contributed by atoms with Crippen molar-refractivity contribution in [3.05, 3.63) is 35.9 Å². The molecule has 0 saturated carbocycles. The van der Waals surface area contributed by atoms with Crippen molar-refractivity contribution >= 4 is 65.1 Å². The van der Waals surface area contributed by atoms with Crippen LogP contribution in [0.4, 0.5) is 0 Å². The number of piperidine rings is 2. The summed E-state index contributed by atoms with van der Waals surface area (Å²) in [6.07, 6.45) is 5.74. The van der Waals surface area contributed by atoms with Crippen LogP contribution in [0.25, 0.3) is 0 Å². The molecule has 2 N–H and O–H groups in total. The molecule has 55 heavy (non-hydrogen) atoms. The number of methoxy groups -OCH3 is 3. The topological polar surface area (TPSA) is 178 Å². The summed E-state index contributed by atoms with van der Waals surface area (Å²) in [5, 5.41) is 5.60. The van der Waals surface area contributed by atoms with Crippen molar-refractivity contribution in [1.29, 1.82) is 0 Å². The van der Waals surface area contributed by atoms with Crippen molar-refractivity contribution in [3.63, 3.8) is 0 Å². The minimum absolute atomic E-state index is 0.0379. The monoisotopic (exact) mass is 802 g/mol. The predicted molar refractivity (Wildman–Crippen MR) is 206 cm³/mol. The molecule has 8 atom stereocenters. The highest BCUT2D eigenvalue weighted by atomic mass is 32.2. The molecule has 14 nitrogen and oxygen atoms in total. The molecule has 4 fully saturated rings. The first kappa shape index (κ1) is 42.4. The van der Waals surface area contributed by atoms with Gasteiger partial charge in [0.1, 0.15) is 24.2 Å². The molecule has 5 rings (SSSR count). The van der Waals surface area contributed by atoms with Crippen LogP contribution in [0.3, 0.4) is 0 Å². The Hall–Kier alpha value is -3.79. The molecule has 4 amide bonds. The highest BCUT2D eigenvalue weighted by molar-refractivity contribution is 8.00. The molecule has 4 aliphatic heterocycles. The minimum atomic E-state index is -0.870. The second kappa shape index (κ2) is 20.4. The minimum Gasteiger partial charge on any atom is -0.469 e. The third-order valence-electron chi connectivity index (χ3n) is 11.1. The molecule has 4 saturated heterocycles. The average Bonchev–Trinajstić information content (AvgIpc) is 3.46. The number of thioether (sulfide) groups is 2. The molecule has 4 heterocycles. The Morgan fingerprint density at radius 2 is 1.16 bits per heavy atom. The quantitative estimate of drug-likeness (QED) is 0.208. The fraction of sp³-hybridized carbons (Fsp3) is 0.667. The first-order valence-corrected chi connectivity index (χ1v) is 21.4. The van der Waals surface area contributed by atoms with Crippen molar-refractivity contribution < 1.29 is 47.8 Å².